The van der Waals surface area contributed by atoms with Crippen LogP contribution in [0.25, 0.3) is 0 Å². The summed E-state index contributed by atoms with van der Waals surface area (Å²) in [6.07, 6.45) is 5.48. The Labute approximate surface area is 199 Å². The second kappa shape index (κ2) is 9.70. The molecule has 0 aliphatic heterocycles. The van der Waals surface area contributed by atoms with Crippen LogP contribution in [0.4, 0.5) is 26.1 Å². The highest BCUT2D eigenvalue weighted by Crippen LogP contribution is 2.35. The van der Waals surface area contributed by atoms with Crippen LogP contribution in [-0.2, 0) is 9.84 Å². The SMILES string of the molecule is CS(=O)(=O)c1ccc(N[C@@H](c2cccc(Cl)c2F)c2ncccc2F)c(Nc2ncccn2)c1. The summed E-state index contributed by atoms with van der Waals surface area (Å²) in [5.41, 5.74) is 0.587. The van der Waals surface area contributed by atoms with Gasteiger partial charge in [0.15, 0.2) is 9.84 Å². The van der Waals surface area contributed by atoms with Gasteiger partial charge in [-0.3, -0.25) is 4.98 Å². The molecule has 2 heterocycles. The molecule has 0 radical (unpaired) electrons. The number of nitrogens with one attached hydrogen (secondary N) is 2. The molecule has 0 unspecified atom stereocenters. The van der Waals surface area contributed by atoms with E-state index in [9.17, 15) is 12.8 Å². The lowest BCUT2D eigenvalue weighted by Gasteiger charge is -2.23. The van der Waals surface area contributed by atoms with Crippen molar-refractivity contribution in [2.24, 2.45) is 0 Å². The number of pyridine rings is 1. The summed E-state index contributed by atoms with van der Waals surface area (Å²) in [7, 11) is -3.54. The van der Waals surface area contributed by atoms with Gasteiger partial charge in [0.25, 0.3) is 0 Å². The van der Waals surface area contributed by atoms with Crippen molar-refractivity contribution in [3.8, 4) is 0 Å². The summed E-state index contributed by atoms with van der Waals surface area (Å²) in [5.74, 6) is -1.20. The Kier molecular flexibility index (Phi) is 6.71. The first kappa shape index (κ1) is 23.5. The van der Waals surface area contributed by atoms with E-state index in [1.807, 2.05) is 0 Å². The molecule has 7 nitrogen and oxygen atoms in total. The van der Waals surface area contributed by atoms with Crippen molar-refractivity contribution in [3.63, 3.8) is 0 Å². The lowest BCUT2D eigenvalue weighted by molar-refractivity contribution is 0.574. The molecule has 0 aliphatic rings. The first-order valence-corrected chi connectivity index (χ1v) is 12.2. The van der Waals surface area contributed by atoms with Gasteiger partial charge in [-0.05, 0) is 42.5 Å². The molecule has 174 valence electrons. The Bertz CT molecular complexity index is 1440. The Hall–Kier alpha value is -3.63. The van der Waals surface area contributed by atoms with Crippen molar-refractivity contribution in [1.29, 1.82) is 0 Å². The lowest BCUT2D eigenvalue weighted by Crippen LogP contribution is -2.18. The first-order valence-electron chi connectivity index (χ1n) is 9.93. The van der Waals surface area contributed by atoms with Gasteiger partial charge in [-0.1, -0.05) is 23.7 Å². The van der Waals surface area contributed by atoms with Crippen LogP contribution in [0.1, 0.15) is 17.3 Å². The van der Waals surface area contributed by atoms with E-state index in [4.69, 9.17) is 11.6 Å². The zero-order chi connectivity index (χ0) is 24.3. The Morgan fingerprint density at radius 1 is 0.912 bits per heavy atom. The summed E-state index contributed by atoms with van der Waals surface area (Å²) in [6.45, 7) is 0. The average Bonchev–Trinajstić information content (AvgIpc) is 2.81. The fourth-order valence-electron chi connectivity index (χ4n) is 3.27. The van der Waals surface area contributed by atoms with Gasteiger partial charge in [-0.2, -0.15) is 0 Å². The maximum atomic E-state index is 15.0. The van der Waals surface area contributed by atoms with Crippen LogP contribution in [0.15, 0.2) is 78.1 Å². The van der Waals surface area contributed by atoms with Gasteiger partial charge in [0, 0.05) is 30.4 Å². The molecule has 0 aliphatic carbocycles. The number of sulfone groups is 1. The minimum Gasteiger partial charge on any atom is -0.371 e. The van der Waals surface area contributed by atoms with Crippen molar-refractivity contribution in [3.05, 3.63) is 101 Å². The molecule has 0 bridgehead atoms. The smallest absolute Gasteiger partial charge is 0.227 e. The van der Waals surface area contributed by atoms with E-state index in [2.05, 4.69) is 25.6 Å². The van der Waals surface area contributed by atoms with Gasteiger partial charge < -0.3 is 10.6 Å². The highest BCUT2D eigenvalue weighted by molar-refractivity contribution is 7.90. The predicted octanol–water partition coefficient (Wildman–Crippen LogP) is 5.15. The van der Waals surface area contributed by atoms with Gasteiger partial charge in [-0.15, -0.1) is 0 Å². The van der Waals surface area contributed by atoms with Crippen molar-refractivity contribution in [2.75, 3.05) is 16.9 Å². The monoisotopic (exact) mass is 501 g/mol. The van der Waals surface area contributed by atoms with Gasteiger partial charge in [0.1, 0.15) is 17.3 Å². The fourth-order valence-corrected chi connectivity index (χ4v) is 4.10. The summed E-state index contributed by atoms with van der Waals surface area (Å²) in [4.78, 5) is 12.3. The van der Waals surface area contributed by atoms with E-state index in [0.717, 1.165) is 6.26 Å². The molecule has 2 aromatic carbocycles. The Balaban J connectivity index is 1.85. The quantitative estimate of drug-likeness (QED) is 0.361. The summed E-state index contributed by atoms with van der Waals surface area (Å²) in [5, 5.41) is 5.89. The van der Waals surface area contributed by atoms with E-state index < -0.39 is 27.5 Å². The number of hydrogen-bond donors (Lipinski definition) is 2. The molecule has 2 N–H and O–H groups in total. The van der Waals surface area contributed by atoms with E-state index in [1.165, 1.54) is 61.1 Å². The number of halogens is 3. The second-order valence-corrected chi connectivity index (χ2v) is 9.69. The van der Waals surface area contributed by atoms with Crippen LogP contribution < -0.4 is 10.6 Å². The van der Waals surface area contributed by atoms with Crippen LogP contribution >= 0.6 is 11.6 Å². The molecule has 2 aromatic heterocycles. The molecule has 0 saturated carbocycles. The zero-order valence-electron chi connectivity index (χ0n) is 17.7. The molecule has 4 aromatic rings. The molecular weight excluding hydrogens is 484 g/mol. The number of nitrogens with zero attached hydrogens (tertiary/aromatic N) is 3. The molecule has 0 saturated heterocycles. The number of benzene rings is 2. The minimum absolute atomic E-state index is 0.0333. The molecule has 4 rings (SSSR count). The molecular formula is C23H18ClF2N5O2S. The van der Waals surface area contributed by atoms with Gasteiger partial charge in [0.05, 0.1) is 27.3 Å². The molecule has 0 spiro atoms. The molecule has 34 heavy (non-hydrogen) atoms. The zero-order valence-corrected chi connectivity index (χ0v) is 19.3. The van der Waals surface area contributed by atoms with Crippen LogP contribution in [0.3, 0.4) is 0 Å². The second-order valence-electron chi connectivity index (χ2n) is 7.27. The van der Waals surface area contributed by atoms with Crippen LogP contribution in [0.5, 0.6) is 0 Å². The highest BCUT2D eigenvalue weighted by Gasteiger charge is 2.25. The molecule has 11 heteroatoms. The van der Waals surface area contributed by atoms with Crippen LogP contribution in [-0.4, -0.2) is 29.6 Å². The van der Waals surface area contributed by atoms with E-state index in [1.54, 1.807) is 12.1 Å². The third-order valence-electron chi connectivity index (χ3n) is 4.88. The standard InChI is InChI=1S/C23H18ClF2N5O2S/c1-34(32,33)14-8-9-18(19(13-14)31-23-28-11-4-12-29-23)30-21(22-17(25)7-3-10-27-22)15-5-2-6-16(24)20(15)26/h2-13,21,30H,1H3,(H,28,29,31)/t21-/m0/s1. The number of anilines is 3. The van der Waals surface area contributed by atoms with Crippen molar-refractivity contribution in [2.45, 2.75) is 10.9 Å². The predicted molar refractivity (Wildman–Crippen MR) is 126 cm³/mol. The maximum Gasteiger partial charge on any atom is 0.227 e. The molecule has 0 fully saturated rings. The third kappa shape index (κ3) is 5.13. The van der Waals surface area contributed by atoms with Gasteiger partial charge in [-0.25, -0.2) is 27.2 Å². The van der Waals surface area contributed by atoms with Crippen molar-refractivity contribution < 1.29 is 17.2 Å². The summed E-state index contributed by atoms with van der Waals surface area (Å²) < 4.78 is 54.0. The highest BCUT2D eigenvalue weighted by atomic mass is 35.5. The number of hydrogen-bond acceptors (Lipinski definition) is 7. The van der Waals surface area contributed by atoms with E-state index >= 15 is 4.39 Å². The van der Waals surface area contributed by atoms with Gasteiger partial charge >= 0.3 is 0 Å². The normalized spacial score (nSPS) is 12.2. The largest absolute Gasteiger partial charge is 0.371 e. The van der Waals surface area contributed by atoms with Crippen LogP contribution in [0, 0.1) is 11.6 Å². The van der Waals surface area contributed by atoms with Gasteiger partial charge in [0.2, 0.25) is 5.95 Å². The molecule has 1 atom stereocenters. The first-order chi connectivity index (χ1) is 16.2. The summed E-state index contributed by atoms with van der Waals surface area (Å²) >= 11 is 5.99. The minimum atomic E-state index is -3.54. The van der Waals surface area contributed by atoms with E-state index in [0.29, 0.717) is 5.69 Å². The molecule has 0 amide bonds. The number of rotatable bonds is 7. The Morgan fingerprint density at radius 3 is 2.35 bits per heavy atom. The van der Waals surface area contributed by atoms with Crippen molar-refractivity contribution in [1.82, 2.24) is 15.0 Å². The Morgan fingerprint density at radius 2 is 1.65 bits per heavy atom. The van der Waals surface area contributed by atoms with Crippen molar-refractivity contribution >= 4 is 38.8 Å². The topological polar surface area (TPSA) is 96.9 Å². The fraction of sp³-hybridized carbons (Fsp3) is 0.0870. The number of aromatic nitrogens is 3. The maximum absolute atomic E-state index is 15.0. The summed E-state index contributed by atoms with van der Waals surface area (Å²) in [6, 6.07) is 11.8. The third-order valence-corrected chi connectivity index (χ3v) is 6.29. The van der Waals surface area contributed by atoms with Crippen LogP contribution in [0.2, 0.25) is 5.02 Å². The average molecular weight is 502 g/mol. The van der Waals surface area contributed by atoms with E-state index in [-0.39, 0.29) is 32.8 Å². The lowest BCUT2D eigenvalue weighted by atomic mass is 10.0.